The molecule has 13 heavy (non-hydrogen) atoms. The van der Waals surface area contributed by atoms with Gasteiger partial charge < -0.3 is 0 Å². The Kier molecular flexibility index (Phi) is 3.86. The van der Waals surface area contributed by atoms with E-state index in [0.29, 0.717) is 6.61 Å². The van der Waals surface area contributed by atoms with Crippen molar-refractivity contribution in [2.45, 2.75) is 12.8 Å². The Bertz CT molecular complexity index is 246. The maximum atomic E-state index is 12.5. The topological polar surface area (TPSA) is 18.5 Å². The molecule has 0 aliphatic carbocycles. The fourth-order valence-electron chi connectivity index (χ4n) is 1.06. The van der Waals surface area contributed by atoms with Gasteiger partial charge in [-0.15, -0.1) is 0 Å². The molecule has 0 aliphatic rings. The van der Waals surface area contributed by atoms with E-state index in [2.05, 4.69) is 4.89 Å². The third-order valence-corrected chi connectivity index (χ3v) is 1.87. The van der Waals surface area contributed by atoms with Crippen LogP contribution in [-0.4, -0.2) is 13.7 Å². The molecule has 0 spiro atoms. The highest BCUT2D eigenvalue weighted by Gasteiger charge is 2.05. The Morgan fingerprint density at radius 2 is 1.92 bits per heavy atom. The quantitative estimate of drug-likeness (QED) is 0.528. The average molecular weight is 184 g/mol. The van der Waals surface area contributed by atoms with E-state index in [1.165, 1.54) is 19.2 Å². The summed E-state index contributed by atoms with van der Waals surface area (Å²) in [4.78, 5) is 9.27. The van der Waals surface area contributed by atoms with E-state index in [9.17, 15) is 4.39 Å². The van der Waals surface area contributed by atoms with Gasteiger partial charge in [0.2, 0.25) is 0 Å². The third-order valence-electron chi connectivity index (χ3n) is 1.87. The van der Waals surface area contributed by atoms with Gasteiger partial charge in [0.25, 0.3) is 0 Å². The molecule has 72 valence electrons. The molecular formula is C10H13FO2. The lowest BCUT2D eigenvalue weighted by atomic mass is 10.0. The minimum absolute atomic E-state index is 0.209. The van der Waals surface area contributed by atoms with Crippen LogP contribution in [0.15, 0.2) is 24.3 Å². The highest BCUT2D eigenvalue weighted by atomic mass is 19.1. The highest BCUT2D eigenvalue weighted by molar-refractivity contribution is 5.19. The van der Waals surface area contributed by atoms with E-state index in [1.807, 2.05) is 6.92 Å². The van der Waals surface area contributed by atoms with Gasteiger partial charge in [0.05, 0.1) is 13.7 Å². The van der Waals surface area contributed by atoms with Gasteiger partial charge in [-0.25, -0.2) is 14.2 Å². The molecule has 1 unspecified atom stereocenters. The van der Waals surface area contributed by atoms with E-state index in [4.69, 9.17) is 4.89 Å². The van der Waals surface area contributed by atoms with Crippen molar-refractivity contribution >= 4 is 0 Å². The minimum atomic E-state index is -0.219. The summed E-state index contributed by atoms with van der Waals surface area (Å²) in [7, 11) is 1.47. The highest BCUT2D eigenvalue weighted by Crippen LogP contribution is 2.15. The first-order chi connectivity index (χ1) is 6.24. The van der Waals surface area contributed by atoms with Crippen LogP contribution in [0.2, 0.25) is 0 Å². The fourth-order valence-corrected chi connectivity index (χ4v) is 1.06. The maximum absolute atomic E-state index is 12.5. The zero-order chi connectivity index (χ0) is 9.68. The standard InChI is InChI=1S/C10H13FO2/c1-8(7-13-12-2)9-3-5-10(11)6-4-9/h3-6,8H,7H2,1-2H3. The van der Waals surface area contributed by atoms with Crippen LogP contribution in [0.25, 0.3) is 0 Å². The van der Waals surface area contributed by atoms with Gasteiger partial charge in [-0.2, -0.15) is 0 Å². The van der Waals surface area contributed by atoms with Crippen molar-refractivity contribution in [2.24, 2.45) is 0 Å². The molecule has 0 heterocycles. The lowest BCUT2D eigenvalue weighted by molar-refractivity contribution is -0.274. The van der Waals surface area contributed by atoms with Crippen molar-refractivity contribution in [1.82, 2.24) is 0 Å². The van der Waals surface area contributed by atoms with Gasteiger partial charge in [-0.3, -0.25) is 0 Å². The van der Waals surface area contributed by atoms with Gasteiger partial charge in [-0.1, -0.05) is 19.1 Å². The molecule has 1 aromatic carbocycles. The Balaban J connectivity index is 2.55. The Hall–Kier alpha value is -0.930. The second-order valence-corrected chi connectivity index (χ2v) is 2.90. The van der Waals surface area contributed by atoms with Gasteiger partial charge in [0.1, 0.15) is 5.82 Å². The summed E-state index contributed by atoms with van der Waals surface area (Å²) in [5, 5.41) is 0. The summed E-state index contributed by atoms with van der Waals surface area (Å²) < 4.78 is 12.5. The summed E-state index contributed by atoms with van der Waals surface area (Å²) >= 11 is 0. The number of halogens is 1. The summed E-state index contributed by atoms with van der Waals surface area (Å²) in [6.45, 7) is 2.47. The van der Waals surface area contributed by atoms with Crippen LogP contribution in [0.3, 0.4) is 0 Å². The van der Waals surface area contributed by atoms with Crippen LogP contribution < -0.4 is 0 Å². The van der Waals surface area contributed by atoms with E-state index >= 15 is 0 Å². The first kappa shape index (κ1) is 10.2. The molecule has 0 bridgehead atoms. The molecule has 0 amide bonds. The maximum Gasteiger partial charge on any atom is 0.123 e. The molecule has 1 rings (SSSR count). The molecule has 0 saturated heterocycles. The molecule has 0 aliphatic heterocycles. The van der Waals surface area contributed by atoms with Gasteiger partial charge >= 0.3 is 0 Å². The van der Waals surface area contributed by atoms with Crippen LogP contribution in [0, 0.1) is 5.82 Å². The first-order valence-corrected chi connectivity index (χ1v) is 4.15. The number of benzene rings is 1. The molecule has 0 aromatic heterocycles. The first-order valence-electron chi connectivity index (χ1n) is 4.15. The van der Waals surface area contributed by atoms with Crippen molar-refractivity contribution in [3.8, 4) is 0 Å². The molecule has 0 radical (unpaired) electrons. The normalized spacial score (nSPS) is 12.8. The lowest BCUT2D eigenvalue weighted by Crippen LogP contribution is -2.03. The zero-order valence-corrected chi connectivity index (χ0v) is 7.79. The fraction of sp³-hybridized carbons (Fsp3) is 0.400. The summed E-state index contributed by atoms with van der Waals surface area (Å²) in [5.74, 6) is -0.0100. The van der Waals surface area contributed by atoms with Crippen molar-refractivity contribution in [2.75, 3.05) is 13.7 Å². The second kappa shape index (κ2) is 4.94. The van der Waals surface area contributed by atoms with Crippen molar-refractivity contribution < 1.29 is 14.2 Å². The minimum Gasteiger partial charge on any atom is -0.240 e. The molecule has 1 aromatic rings. The SMILES string of the molecule is COOCC(C)c1ccc(F)cc1. The zero-order valence-electron chi connectivity index (χ0n) is 7.79. The summed E-state index contributed by atoms with van der Waals surface area (Å²) in [6.07, 6.45) is 0. The predicted molar refractivity (Wildman–Crippen MR) is 47.8 cm³/mol. The largest absolute Gasteiger partial charge is 0.240 e. The molecule has 0 N–H and O–H groups in total. The summed E-state index contributed by atoms with van der Waals surface area (Å²) in [6, 6.07) is 6.38. The van der Waals surface area contributed by atoms with E-state index in [1.54, 1.807) is 12.1 Å². The number of rotatable bonds is 4. The van der Waals surface area contributed by atoms with Gasteiger partial charge in [0, 0.05) is 5.92 Å². The van der Waals surface area contributed by atoms with Crippen molar-refractivity contribution in [1.29, 1.82) is 0 Å². The van der Waals surface area contributed by atoms with Crippen LogP contribution in [0.1, 0.15) is 18.4 Å². The molecule has 1 atom stereocenters. The molecule has 0 fully saturated rings. The van der Waals surface area contributed by atoms with E-state index in [-0.39, 0.29) is 11.7 Å². The average Bonchev–Trinajstić information content (AvgIpc) is 2.15. The van der Waals surface area contributed by atoms with E-state index < -0.39 is 0 Å². The van der Waals surface area contributed by atoms with Crippen molar-refractivity contribution in [3.63, 3.8) is 0 Å². The van der Waals surface area contributed by atoms with Gasteiger partial charge in [0.15, 0.2) is 0 Å². The van der Waals surface area contributed by atoms with Crippen LogP contribution >= 0.6 is 0 Å². The molecular weight excluding hydrogens is 171 g/mol. The predicted octanol–water partition coefficient (Wildman–Crippen LogP) is 2.51. The van der Waals surface area contributed by atoms with E-state index in [0.717, 1.165) is 5.56 Å². The van der Waals surface area contributed by atoms with Crippen LogP contribution in [-0.2, 0) is 9.78 Å². The third kappa shape index (κ3) is 3.13. The van der Waals surface area contributed by atoms with Crippen LogP contribution in [0.5, 0.6) is 0 Å². The molecule has 3 heteroatoms. The monoisotopic (exact) mass is 184 g/mol. The van der Waals surface area contributed by atoms with Gasteiger partial charge in [-0.05, 0) is 17.7 Å². The molecule has 0 saturated carbocycles. The Morgan fingerprint density at radius 1 is 1.31 bits per heavy atom. The Morgan fingerprint density at radius 3 is 2.46 bits per heavy atom. The molecule has 2 nitrogen and oxygen atoms in total. The lowest BCUT2D eigenvalue weighted by Gasteiger charge is -2.09. The smallest absolute Gasteiger partial charge is 0.123 e. The second-order valence-electron chi connectivity index (χ2n) is 2.90. The van der Waals surface area contributed by atoms with Crippen molar-refractivity contribution in [3.05, 3.63) is 35.6 Å². The van der Waals surface area contributed by atoms with Crippen LogP contribution in [0.4, 0.5) is 4.39 Å². The summed E-state index contributed by atoms with van der Waals surface area (Å²) in [5.41, 5.74) is 1.04. The number of hydrogen-bond donors (Lipinski definition) is 0. The number of hydrogen-bond acceptors (Lipinski definition) is 2. The Labute approximate surface area is 77.2 Å².